The smallest absolute Gasteiger partial charge is 0.257 e. The molecule has 0 saturated carbocycles. The monoisotopic (exact) mass is 290 g/mol. The molecule has 0 aliphatic carbocycles. The highest BCUT2D eigenvalue weighted by Gasteiger charge is 2.09. The minimum absolute atomic E-state index is 0.215. The molecule has 0 unspecified atom stereocenters. The Labute approximate surface area is 117 Å². The second kappa shape index (κ2) is 5.42. The fraction of sp³-hybridized carbons (Fsp3) is 0.143. The number of sulfone groups is 1. The van der Waals surface area contributed by atoms with Crippen LogP contribution in [0.25, 0.3) is 0 Å². The van der Waals surface area contributed by atoms with Crippen LogP contribution in [-0.2, 0) is 9.84 Å². The number of aromatic nitrogens is 1. The maximum Gasteiger partial charge on any atom is 0.257 e. The van der Waals surface area contributed by atoms with E-state index in [4.69, 9.17) is 0 Å². The van der Waals surface area contributed by atoms with Crippen LogP contribution in [0.1, 0.15) is 16.1 Å². The average molecular weight is 290 g/mol. The number of rotatable bonds is 3. The number of anilines is 1. The molecule has 20 heavy (non-hydrogen) atoms. The summed E-state index contributed by atoms with van der Waals surface area (Å²) in [5, 5.41) is 2.68. The van der Waals surface area contributed by atoms with E-state index in [2.05, 4.69) is 10.3 Å². The van der Waals surface area contributed by atoms with E-state index in [0.29, 0.717) is 11.3 Å². The van der Waals surface area contributed by atoms with Gasteiger partial charge in [0.05, 0.1) is 10.5 Å². The van der Waals surface area contributed by atoms with Gasteiger partial charge in [-0.05, 0) is 43.3 Å². The first kappa shape index (κ1) is 14.2. The molecule has 5 nitrogen and oxygen atoms in total. The van der Waals surface area contributed by atoms with Crippen LogP contribution < -0.4 is 5.32 Å². The van der Waals surface area contributed by atoms with Gasteiger partial charge in [-0.25, -0.2) is 8.42 Å². The zero-order valence-corrected chi connectivity index (χ0v) is 11.9. The lowest BCUT2D eigenvalue weighted by molar-refractivity contribution is 0.102. The molecule has 0 radical (unpaired) electrons. The Kier molecular flexibility index (Phi) is 3.85. The molecule has 6 heteroatoms. The van der Waals surface area contributed by atoms with Crippen molar-refractivity contribution in [3.05, 3.63) is 53.9 Å². The van der Waals surface area contributed by atoms with Crippen LogP contribution in [0.2, 0.25) is 0 Å². The van der Waals surface area contributed by atoms with Crippen LogP contribution in [0.15, 0.2) is 47.5 Å². The van der Waals surface area contributed by atoms with Gasteiger partial charge in [0.25, 0.3) is 5.91 Å². The molecule has 0 bridgehead atoms. The largest absolute Gasteiger partial charge is 0.322 e. The molecule has 0 fully saturated rings. The number of nitrogens with zero attached hydrogens (tertiary/aromatic N) is 1. The van der Waals surface area contributed by atoms with Crippen LogP contribution in [0, 0.1) is 6.92 Å². The molecule has 0 atom stereocenters. The molecule has 1 N–H and O–H groups in total. The molecule has 1 aromatic carbocycles. The van der Waals surface area contributed by atoms with Gasteiger partial charge in [0.15, 0.2) is 9.84 Å². The topological polar surface area (TPSA) is 76.1 Å². The minimum Gasteiger partial charge on any atom is -0.322 e. The maximum absolute atomic E-state index is 11.9. The summed E-state index contributed by atoms with van der Waals surface area (Å²) in [5.41, 5.74) is 1.81. The van der Waals surface area contributed by atoms with Gasteiger partial charge in [-0.2, -0.15) is 0 Å². The van der Waals surface area contributed by atoms with E-state index in [1.165, 1.54) is 18.3 Å². The third-order valence-electron chi connectivity index (χ3n) is 2.71. The number of carbonyl (C=O) groups excluding carboxylic acids is 1. The molecule has 2 rings (SSSR count). The molecule has 2 aromatic rings. The van der Waals surface area contributed by atoms with Crippen molar-refractivity contribution in [1.29, 1.82) is 0 Å². The molecule has 0 spiro atoms. The number of carbonyl (C=O) groups is 1. The van der Waals surface area contributed by atoms with Gasteiger partial charge in [0.1, 0.15) is 0 Å². The second-order valence-corrected chi connectivity index (χ2v) is 6.45. The fourth-order valence-electron chi connectivity index (χ4n) is 1.59. The molecular formula is C14H14N2O3S. The van der Waals surface area contributed by atoms with E-state index in [-0.39, 0.29) is 10.8 Å². The van der Waals surface area contributed by atoms with Gasteiger partial charge >= 0.3 is 0 Å². The molecule has 1 amide bonds. The van der Waals surface area contributed by atoms with E-state index in [0.717, 1.165) is 11.9 Å². The van der Waals surface area contributed by atoms with Crippen molar-refractivity contribution < 1.29 is 13.2 Å². The molecule has 0 saturated heterocycles. The Morgan fingerprint density at radius 2 is 1.75 bits per heavy atom. The second-order valence-electron chi connectivity index (χ2n) is 4.44. The maximum atomic E-state index is 11.9. The summed E-state index contributed by atoms with van der Waals surface area (Å²) in [7, 11) is -3.23. The molecular weight excluding hydrogens is 276 g/mol. The third kappa shape index (κ3) is 3.42. The predicted octanol–water partition coefficient (Wildman–Crippen LogP) is 2.05. The Hall–Kier alpha value is -2.21. The molecule has 1 aromatic heterocycles. The number of hydrogen-bond acceptors (Lipinski definition) is 4. The predicted molar refractivity (Wildman–Crippen MR) is 76.5 cm³/mol. The van der Waals surface area contributed by atoms with Crippen molar-refractivity contribution in [3.63, 3.8) is 0 Å². The van der Waals surface area contributed by atoms with Crippen molar-refractivity contribution >= 4 is 21.4 Å². The van der Waals surface area contributed by atoms with Crippen LogP contribution >= 0.6 is 0 Å². The van der Waals surface area contributed by atoms with E-state index >= 15 is 0 Å². The Morgan fingerprint density at radius 3 is 2.25 bits per heavy atom. The summed E-state index contributed by atoms with van der Waals surface area (Å²) in [6.07, 6.45) is 2.63. The summed E-state index contributed by atoms with van der Waals surface area (Å²) in [6.45, 7) is 1.84. The van der Waals surface area contributed by atoms with Gasteiger partial charge in [-0.15, -0.1) is 0 Å². The van der Waals surface area contributed by atoms with Crippen LogP contribution in [0.4, 0.5) is 5.69 Å². The van der Waals surface area contributed by atoms with Crippen molar-refractivity contribution in [2.24, 2.45) is 0 Å². The number of nitrogens with one attached hydrogen (secondary N) is 1. The first-order chi connectivity index (χ1) is 9.36. The lowest BCUT2D eigenvalue weighted by atomic mass is 10.2. The number of benzene rings is 1. The van der Waals surface area contributed by atoms with Crippen LogP contribution in [0.3, 0.4) is 0 Å². The fourth-order valence-corrected chi connectivity index (χ4v) is 2.22. The van der Waals surface area contributed by atoms with Gasteiger partial charge in [-0.3, -0.25) is 9.78 Å². The Balaban J connectivity index is 2.14. The summed E-state index contributed by atoms with van der Waals surface area (Å²) >= 11 is 0. The first-order valence-electron chi connectivity index (χ1n) is 5.90. The van der Waals surface area contributed by atoms with Crippen molar-refractivity contribution in [2.45, 2.75) is 11.8 Å². The van der Waals surface area contributed by atoms with E-state index in [1.54, 1.807) is 24.3 Å². The molecule has 104 valence electrons. The van der Waals surface area contributed by atoms with Crippen LogP contribution in [-0.4, -0.2) is 25.6 Å². The lowest BCUT2D eigenvalue weighted by Crippen LogP contribution is -2.12. The Morgan fingerprint density at radius 1 is 1.10 bits per heavy atom. The van der Waals surface area contributed by atoms with E-state index < -0.39 is 9.84 Å². The first-order valence-corrected chi connectivity index (χ1v) is 7.79. The minimum atomic E-state index is -3.23. The number of amides is 1. The summed E-state index contributed by atoms with van der Waals surface area (Å²) in [5.74, 6) is -0.287. The molecule has 1 heterocycles. The highest BCUT2D eigenvalue weighted by atomic mass is 32.2. The number of pyridine rings is 1. The zero-order valence-electron chi connectivity index (χ0n) is 11.1. The van der Waals surface area contributed by atoms with Gasteiger partial charge in [0, 0.05) is 23.8 Å². The van der Waals surface area contributed by atoms with Gasteiger partial charge < -0.3 is 5.32 Å². The summed E-state index contributed by atoms with van der Waals surface area (Å²) in [6, 6.07) is 9.45. The zero-order chi connectivity index (χ0) is 14.8. The highest BCUT2D eigenvalue weighted by Crippen LogP contribution is 2.14. The summed E-state index contributed by atoms with van der Waals surface area (Å²) < 4.78 is 22.6. The average Bonchev–Trinajstić information content (AvgIpc) is 2.39. The quantitative estimate of drug-likeness (QED) is 0.938. The number of aryl methyl sites for hydroxylation is 1. The standard InChI is InChI=1S/C14H14N2O3S/c1-10-3-4-11(9-15-10)14(17)16-12-5-7-13(8-6-12)20(2,18)19/h3-9H,1-2H3,(H,16,17). The van der Waals surface area contributed by atoms with Crippen molar-refractivity contribution in [2.75, 3.05) is 11.6 Å². The van der Waals surface area contributed by atoms with Crippen LogP contribution in [0.5, 0.6) is 0 Å². The Bertz CT molecular complexity index is 720. The normalized spacial score (nSPS) is 11.1. The van der Waals surface area contributed by atoms with Crippen molar-refractivity contribution in [1.82, 2.24) is 4.98 Å². The van der Waals surface area contributed by atoms with E-state index in [1.807, 2.05) is 6.92 Å². The third-order valence-corrected chi connectivity index (χ3v) is 3.84. The lowest BCUT2D eigenvalue weighted by Gasteiger charge is -2.06. The SMILES string of the molecule is Cc1ccc(C(=O)Nc2ccc(S(C)(=O)=O)cc2)cn1. The number of hydrogen-bond donors (Lipinski definition) is 1. The molecule has 0 aliphatic heterocycles. The molecule has 0 aliphatic rings. The highest BCUT2D eigenvalue weighted by molar-refractivity contribution is 7.90. The van der Waals surface area contributed by atoms with Gasteiger partial charge in [-0.1, -0.05) is 0 Å². The summed E-state index contributed by atoms with van der Waals surface area (Å²) in [4.78, 5) is 16.2. The van der Waals surface area contributed by atoms with Gasteiger partial charge in [0.2, 0.25) is 0 Å². The van der Waals surface area contributed by atoms with E-state index in [9.17, 15) is 13.2 Å². The van der Waals surface area contributed by atoms with Crippen molar-refractivity contribution in [3.8, 4) is 0 Å².